The van der Waals surface area contributed by atoms with E-state index in [9.17, 15) is 0 Å². The van der Waals surface area contributed by atoms with E-state index in [-0.39, 0.29) is 0 Å². The zero-order valence-corrected chi connectivity index (χ0v) is 8.06. The molecule has 0 aromatic carbocycles. The standard InChI is InChI=1S/C11H20/c1-8(2)5-11(3)6-9-4-10(9)7-11/h8-10H,4-7H2,1-3H3. The number of rotatable bonds is 2. The third-order valence-corrected chi connectivity index (χ3v) is 3.48. The van der Waals surface area contributed by atoms with E-state index in [1.165, 1.54) is 19.3 Å². The van der Waals surface area contributed by atoms with Crippen LogP contribution in [0.5, 0.6) is 0 Å². The minimum atomic E-state index is 0.738. The highest BCUT2D eigenvalue weighted by molar-refractivity contribution is 5.01. The van der Waals surface area contributed by atoms with Gasteiger partial charge in [0.1, 0.15) is 0 Å². The van der Waals surface area contributed by atoms with Crippen LogP contribution in [0.3, 0.4) is 0 Å². The maximum absolute atomic E-state index is 2.50. The summed E-state index contributed by atoms with van der Waals surface area (Å²) in [5.41, 5.74) is 0.738. The van der Waals surface area contributed by atoms with E-state index >= 15 is 0 Å². The molecular formula is C11H20. The molecule has 0 spiro atoms. The van der Waals surface area contributed by atoms with Gasteiger partial charge in [-0.3, -0.25) is 0 Å². The fourth-order valence-electron chi connectivity index (χ4n) is 3.31. The molecule has 0 nitrogen and oxygen atoms in total. The Morgan fingerprint density at radius 3 is 2.27 bits per heavy atom. The minimum absolute atomic E-state index is 0.738. The predicted molar refractivity (Wildman–Crippen MR) is 48.4 cm³/mol. The van der Waals surface area contributed by atoms with Gasteiger partial charge in [-0.2, -0.15) is 0 Å². The highest BCUT2D eigenvalue weighted by Crippen LogP contribution is 2.61. The molecule has 2 fully saturated rings. The average molecular weight is 152 g/mol. The van der Waals surface area contributed by atoms with Crippen LogP contribution in [0.2, 0.25) is 0 Å². The van der Waals surface area contributed by atoms with E-state index in [0.717, 1.165) is 23.2 Å². The highest BCUT2D eigenvalue weighted by Gasteiger charge is 2.51. The second-order valence-electron chi connectivity index (χ2n) is 5.57. The van der Waals surface area contributed by atoms with Gasteiger partial charge in [0.2, 0.25) is 0 Å². The normalized spacial score (nSPS) is 48.0. The van der Waals surface area contributed by atoms with E-state index in [2.05, 4.69) is 20.8 Å². The fraction of sp³-hybridized carbons (Fsp3) is 1.00. The summed E-state index contributed by atoms with van der Waals surface area (Å²) in [6.45, 7) is 7.21. The lowest BCUT2D eigenvalue weighted by Gasteiger charge is -2.27. The van der Waals surface area contributed by atoms with Crippen LogP contribution < -0.4 is 0 Å². The maximum atomic E-state index is 2.50. The summed E-state index contributed by atoms with van der Waals surface area (Å²) >= 11 is 0. The zero-order valence-electron chi connectivity index (χ0n) is 8.06. The lowest BCUT2D eigenvalue weighted by molar-refractivity contribution is 0.238. The first kappa shape index (κ1) is 7.64. The molecule has 2 aliphatic rings. The Labute approximate surface area is 70.4 Å². The van der Waals surface area contributed by atoms with Gasteiger partial charge in [-0.05, 0) is 48.9 Å². The van der Waals surface area contributed by atoms with Crippen LogP contribution in [0.1, 0.15) is 46.5 Å². The van der Waals surface area contributed by atoms with Crippen LogP contribution in [0, 0.1) is 23.2 Å². The van der Waals surface area contributed by atoms with Gasteiger partial charge >= 0.3 is 0 Å². The topological polar surface area (TPSA) is 0 Å². The molecule has 0 N–H and O–H groups in total. The molecule has 2 aliphatic carbocycles. The molecule has 0 aromatic rings. The Balaban J connectivity index is 1.91. The van der Waals surface area contributed by atoms with Crippen molar-refractivity contribution in [3.8, 4) is 0 Å². The zero-order chi connectivity index (χ0) is 8.06. The largest absolute Gasteiger partial charge is 0.0628 e. The van der Waals surface area contributed by atoms with Crippen LogP contribution in [-0.4, -0.2) is 0 Å². The van der Waals surface area contributed by atoms with E-state index in [1.807, 2.05) is 0 Å². The molecule has 0 aromatic heterocycles. The van der Waals surface area contributed by atoms with Crippen LogP contribution in [-0.2, 0) is 0 Å². The summed E-state index contributed by atoms with van der Waals surface area (Å²) in [7, 11) is 0. The monoisotopic (exact) mass is 152 g/mol. The summed E-state index contributed by atoms with van der Waals surface area (Å²) in [6.07, 6.45) is 6.10. The van der Waals surface area contributed by atoms with Gasteiger partial charge in [-0.15, -0.1) is 0 Å². The smallest absolute Gasteiger partial charge is 0.0318 e. The summed E-state index contributed by atoms with van der Waals surface area (Å²) in [4.78, 5) is 0. The van der Waals surface area contributed by atoms with Crippen LogP contribution in [0.15, 0.2) is 0 Å². The highest BCUT2D eigenvalue weighted by atomic mass is 14.6. The minimum Gasteiger partial charge on any atom is -0.0628 e. The van der Waals surface area contributed by atoms with Crippen molar-refractivity contribution in [3.63, 3.8) is 0 Å². The molecule has 2 rings (SSSR count). The first-order valence-electron chi connectivity index (χ1n) is 5.09. The van der Waals surface area contributed by atoms with Crippen molar-refractivity contribution in [2.45, 2.75) is 46.5 Å². The molecule has 2 saturated carbocycles. The van der Waals surface area contributed by atoms with Gasteiger partial charge in [0.05, 0.1) is 0 Å². The second-order valence-corrected chi connectivity index (χ2v) is 5.57. The van der Waals surface area contributed by atoms with Crippen molar-refractivity contribution in [3.05, 3.63) is 0 Å². The molecule has 0 radical (unpaired) electrons. The molecule has 2 unspecified atom stereocenters. The Bertz CT molecular complexity index is 147. The molecular weight excluding hydrogens is 132 g/mol. The first-order chi connectivity index (χ1) is 5.09. The van der Waals surface area contributed by atoms with Crippen LogP contribution in [0.4, 0.5) is 0 Å². The van der Waals surface area contributed by atoms with Gasteiger partial charge in [0, 0.05) is 0 Å². The molecule has 2 atom stereocenters. The van der Waals surface area contributed by atoms with Crippen molar-refractivity contribution in [1.82, 2.24) is 0 Å². The van der Waals surface area contributed by atoms with E-state index in [1.54, 1.807) is 6.42 Å². The Hall–Kier alpha value is 0. The molecule has 0 bridgehead atoms. The number of fused-ring (bicyclic) bond motifs is 1. The second kappa shape index (κ2) is 2.24. The summed E-state index contributed by atoms with van der Waals surface area (Å²) in [5, 5.41) is 0. The summed E-state index contributed by atoms with van der Waals surface area (Å²) in [5.74, 6) is 3.20. The van der Waals surface area contributed by atoms with E-state index in [0.29, 0.717) is 0 Å². The Kier molecular flexibility index (Phi) is 1.56. The first-order valence-corrected chi connectivity index (χ1v) is 5.09. The lowest BCUT2D eigenvalue weighted by atomic mass is 9.78. The number of hydrogen-bond acceptors (Lipinski definition) is 0. The van der Waals surface area contributed by atoms with Crippen LogP contribution in [0.25, 0.3) is 0 Å². The van der Waals surface area contributed by atoms with Gasteiger partial charge < -0.3 is 0 Å². The molecule has 0 amide bonds. The summed E-state index contributed by atoms with van der Waals surface area (Å²) in [6, 6.07) is 0. The SMILES string of the molecule is CC(C)CC1(C)CC2CC2C1. The summed E-state index contributed by atoms with van der Waals surface area (Å²) < 4.78 is 0. The molecule has 0 saturated heterocycles. The van der Waals surface area contributed by atoms with Crippen molar-refractivity contribution in [2.75, 3.05) is 0 Å². The van der Waals surface area contributed by atoms with Crippen LogP contribution >= 0.6 is 0 Å². The Morgan fingerprint density at radius 1 is 1.27 bits per heavy atom. The van der Waals surface area contributed by atoms with Gasteiger partial charge in [0.25, 0.3) is 0 Å². The quantitative estimate of drug-likeness (QED) is 0.568. The molecule has 64 valence electrons. The van der Waals surface area contributed by atoms with Gasteiger partial charge in [0.15, 0.2) is 0 Å². The fourth-order valence-corrected chi connectivity index (χ4v) is 3.31. The van der Waals surface area contributed by atoms with Gasteiger partial charge in [-0.25, -0.2) is 0 Å². The van der Waals surface area contributed by atoms with E-state index < -0.39 is 0 Å². The van der Waals surface area contributed by atoms with E-state index in [4.69, 9.17) is 0 Å². The third kappa shape index (κ3) is 1.45. The lowest BCUT2D eigenvalue weighted by Crippen LogP contribution is -2.16. The van der Waals surface area contributed by atoms with Crippen molar-refractivity contribution < 1.29 is 0 Å². The Morgan fingerprint density at radius 2 is 1.82 bits per heavy atom. The third-order valence-electron chi connectivity index (χ3n) is 3.48. The molecule has 0 heterocycles. The predicted octanol–water partition coefficient (Wildman–Crippen LogP) is 3.47. The molecule has 0 heteroatoms. The van der Waals surface area contributed by atoms with Gasteiger partial charge in [-0.1, -0.05) is 20.8 Å². The van der Waals surface area contributed by atoms with Crippen molar-refractivity contribution in [2.24, 2.45) is 23.2 Å². The number of hydrogen-bond donors (Lipinski definition) is 0. The maximum Gasteiger partial charge on any atom is -0.0318 e. The van der Waals surface area contributed by atoms with Crippen molar-refractivity contribution >= 4 is 0 Å². The molecule has 11 heavy (non-hydrogen) atoms. The average Bonchev–Trinajstić information content (AvgIpc) is 2.37. The van der Waals surface area contributed by atoms with Crippen molar-refractivity contribution in [1.29, 1.82) is 0 Å². The molecule has 0 aliphatic heterocycles.